The fourth-order valence-electron chi connectivity index (χ4n) is 6.33. The summed E-state index contributed by atoms with van der Waals surface area (Å²) in [5, 5.41) is 1.23. The molecule has 1 aromatic heterocycles. The van der Waals surface area contributed by atoms with Crippen molar-refractivity contribution >= 4 is 22.5 Å². The second-order valence-corrected chi connectivity index (χ2v) is 10.5. The molecule has 1 N–H and O–H groups in total. The Morgan fingerprint density at radius 1 is 0.972 bits per heavy atom. The van der Waals surface area contributed by atoms with Crippen molar-refractivity contribution in [1.82, 2.24) is 14.8 Å². The van der Waals surface area contributed by atoms with E-state index in [2.05, 4.69) is 113 Å². The van der Waals surface area contributed by atoms with E-state index in [9.17, 15) is 4.79 Å². The minimum atomic E-state index is -0.110. The molecule has 0 saturated carbocycles. The Bertz CT molecular complexity index is 1370. The van der Waals surface area contributed by atoms with Crippen LogP contribution in [0.5, 0.6) is 0 Å². The van der Waals surface area contributed by atoms with E-state index in [-0.39, 0.29) is 17.4 Å². The molecule has 5 nitrogen and oxygen atoms in total. The maximum atomic E-state index is 13.9. The first kappa shape index (κ1) is 22.9. The molecule has 184 valence electrons. The van der Waals surface area contributed by atoms with Crippen LogP contribution in [0.3, 0.4) is 0 Å². The summed E-state index contributed by atoms with van der Waals surface area (Å²) in [4.78, 5) is 24.0. The summed E-state index contributed by atoms with van der Waals surface area (Å²) in [5.41, 5.74) is 6.10. The Morgan fingerprint density at radius 2 is 1.72 bits per heavy atom. The Labute approximate surface area is 213 Å². The number of para-hydroxylation sites is 1. The number of piperidine rings is 1. The van der Waals surface area contributed by atoms with Crippen molar-refractivity contribution in [2.24, 2.45) is 0 Å². The van der Waals surface area contributed by atoms with Gasteiger partial charge in [0.1, 0.15) is 0 Å². The number of nitrogens with one attached hydrogen (secondary N) is 1. The van der Waals surface area contributed by atoms with E-state index in [0.29, 0.717) is 0 Å². The number of H-pyrrole nitrogens is 1. The van der Waals surface area contributed by atoms with Gasteiger partial charge in [0.15, 0.2) is 0 Å². The molecule has 4 aromatic rings. The van der Waals surface area contributed by atoms with Crippen molar-refractivity contribution < 1.29 is 4.79 Å². The molecule has 3 aromatic carbocycles. The highest BCUT2D eigenvalue weighted by Crippen LogP contribution is 2.41. The molecule has 0 aliphatic carbocycles. The summed E-state index contributed by atoms with van der Waals surface area (Å²) in [7, 11) is 4.33. The van der Waals surface area contributed by atoms with Crippen LogP contribution in [0.1, 0.15) is 35.4 Å². The van der Waals surface area contributed by atoms with Crippen LogP contribution < -0.4 is 4.90 Å². The Morgan fingerprint density at radius 3 is 2.50 bits per heavy atom. The smallest absolute Gasteiger partial charge is 0.231 e. The fraction of sp³-hybridized carbons (Fsp3) is 0.323. The molecule has 36 heavy (non-hydrogen) atoms. The maximum absolute atomic E-state index is 13.9. The molecule has 2 aliphatic rings. The Balaban J connectivity index is 1.20. The van der Waals surface area contributed by atoms with E-state index < -0.39 is 0 Å². The van der Waals surface area contributed by atoms with Gasteiger partial charge >= 0.3 is 0 Å². The van der Waals surface area contributed by atoms with Crippen LogP contribution in [-0.2, 0) is 16.9 Å². The van der Waals surface area contributed by atoms with Gasteiger partial charge in [-0.15, -0.1) is 0 Å². The lowest BCUT2D eigenvalue weighted by Crippen LogP contribution is -2.52. The standard InChI is InChI=1S/C31H34N4O/c1-33(2)31(25-8-4-3-5-9-25)15-18-34(19-16-31)30(36)27-22-35(29-11-7-6-10-26(27)29)21-23-12-13-28-24(20-23)14-17-32-28/h3-14,17,20,27,32H,15-16,18-19,21-22H2,1-2H3. The molecule has 1 atom stereocenters. The van der Waals surface area contributed by atoms with Crippen LogP contribution in [0.4, 0.5) is 5.69 Å². The van der Waals surface area contributed by atoms with Gasteiger partial charge in [-0.25, -0.2) is 0 Å². The van der Waals surface area contributed by atoms with Crippen LogP contribution in [0, 0.1) is 0 Å². The van der Waals surface area contributed by atoms with Crippen LogP contribution in [0.2, 0.25) is 0 Å². The average molecular weight is 479 g/mol. The second kappa shape index (κ2) is 9.14. The van der Waals surface area contributed by atoms with Crippen LogP contribution in [-0.4, -0.2) is 54.4 Å². The van der Waals surface area contributed by atoms with E-state index in [1.54, 1.807) is 0 Å². The predicted octanol–water partition coefficient (Wildman–Crippen LogP) is 5.35. The lowest BCUT2D eigenvalue weighted by Gasteiger charge is -2.47. The zero-order chi connectivity index (χ0) is 24.7. The fourth-order valence-corrected chi connectivity index (χ4v) is 6.33. The van der Waals surface area contributed by atoms with Gasteiger partial charge in [0, 0.05) is 49.1 Å². The number of fused-ring (bicyclic) bond motifs is 2. The summed E-state index contributed by atoms with van der Waals surface area (Å²) >= 11 is 0. The monoisotopic (exact) mass is 478 g/mol. The molecule has 2 aliphatic heterocycles. The number of aromatic nitrogens is 1. The number of aromatic amines is 1. The number of carbonyl (C=O) groups is 1. The molecule has 3 heterocycles. The Hall–Kier alpha value is -3.57. The van der Waals surface area contributed by atoms with Crippen molar-refractivity contribution in [3.8, 4) is 0 Å². The molecule has 0 radical (unpaired) electrons. The molecular weight excluding hydrogens is 444 g/mol. The van der Waals surface area contributed by atoms with Gasteiger partial charge in [-0.3, -0.25) is 9.69 Å². The zero-order valence-electron chi connectivity index (χ0n) is 21.2. The van der Waals surface area contributed by atoms with E-state index in [1.807, 2.05) is 6.20 Å². The highest BCUT2D eigenvalue weighted by Gasteiger charge is 2.42. The summed E-state index contributed by atoms with van der Waals surface area (Å²) in [6, 6.07) is 27.9. The Kier molecular flexibility index (Phi) is 5.81. The van der Waals surface area contributed by atoms with Gasteiger partial charge in [-0.05, 0) is 73.3 Å². The molecule has 1 amide bonds. The van der Waals surface area contributed by atoms with Gasteiger partial charge in [0.2, 0.25) is 5.91 Å². The normalized spacial score (nSPS) is 19.1. The first-order valence-electron chi connectivity index (χ1n) is 13.0. The zero-order valence-corrected chi connectivity index (χ0v) is 21.2. The quantitative estimate of drug-likeness (QED) is 0.420. The molecule has 1 unspecified atom stereocenters. The van der Waals surface area contributed by atoms with Crippen LogP contribution in [0.25, 0.3) is 10.9 Å². The highest BCUT2D eigenvalue weighted by molar-refractivity contribution is 5.89. The van der Waals surface area contributed by atoms with Gasteiger partial charge < -0.3 is 14.8 Å². The van der Waals surface area contributed by atoms with E-state index >= 15 is 0 Å². The molecular formula is C31H34N4O. The van der Waals surface area contributed by atoms with E-state index in [4.69, 9.17) is 0 Å². The number of benzene rings is 3. The van der Waals surface area contributed by atoms with Gasteiger partial charge in [0.25, 0.3) is 0 Å². The number of hydrogen-bond acceptors (Lipinski definition) is 3. The lowest BCUT2D eigenvalue weighted by molar-refractivity contribution is -0.135. The average Bonchev–Trinajstić information content (AvgIpc) is 3.53. The number of amides is 1. The third kappa shape index (κ3) is 3.88. The largest absolute Gasteiger partial charge is 0.366 e. The van der Waals surface area contributed by atoms with Crippen molar-refractivity contribution in [2.75, 3.05) is 38.6 Å². The molecule has 0 bridgehead atoms. The number of carbonyl (C=O) groups excluding carboxylic acids is 1. The summed E-state index contributed by atoms with van der Waals surface area (Å²) in [5.74, 6) is 0.159. The molecule has 6 rings (SSSR count). The third-order valence-electron chi connectivity index (χ3n) is 8.41. The van der Waals surface area contributed by atoms with Gasteiger partial charge in [-0.1, -0.05) is 54.6 Å². The van der Waals surface area contributed by atoms with Gasteiger partial charge in [-0.2, -0.15) is 0 Å². The summed E-state index contributed by atoms with van der Waals surface area (Å²) < 4.78 is 0. The van der Waals surface area contributed by atoms with E-state index in [0.717, 1.165) is 50.1 Å². The van der Waals surface area contributed by atoms with Crippen LogP contribution in [0.15, 0.2) is 85.1 Å². The topological polar surface area (TPSA) is 42.6 Å². The minimum Gasteiger partial charge on any atom is -0.366 e. The second-order valence-electron chi connectivity index (χ2n) is 10.5. The van der Waals surface area contributed by atoms with Crippen molar-refractivity contribution in [2.45, 2.75) is 30.8 Å². The predicted molar refractivity (Wildman–Crippen MR) is 146 cm³/mol. The van der Waals surface area contributed by atoms with Crippen LogP contribution >= 0.6 is 0 Å². The molecule has 0 spiro atoms. The maximum Gasteiger partial charge on any atom is 0.231 e. The number of anilines is 1. The third-order valence-corrected chi connectivity index (χ3v) is 8.41. The molecule has 1 fully saturated rings. The summed E-state index contributed by atoms with van der Waals surface area (Å²) in [6.45, 7) is 3.11. The number of rotatable bonds is 5. The van der Waals surface area contributed by atoms with Crippen molar-refractivity contribution in [3.05, 3.63) is 102 Å². The minimum absolute atomic E-state index is 0.0193. The molecule has 1 saturated heterocycles. The van der Waals surface area contributed by atoms with Gasteiger partial charge in [0.05, 0.1) is 5.92 Å². The molecule has 5 heteroatoms. The lowest BCUT2D eigenvalue weighted by atomic mass is 9.79. The summed E-state index contributed by atoms with van der Waals surface area (Å²) in [6.07, 6.45) is 3.88. The first-order chi connectivity index (χ1) is 17.5. The number of likely N-dealkylation sites (tertiary alicyclic amines) is 1. The van der Waals surface area contributed by atoms with Crippen molar-refractivity contribution in [1.29, 1.82) is 0 Å². The van der Waals surface area contributed by atoms with E-state index in [1.165, 1.54) is 22.2 Å². The van der Waals surface area contributed by atoms with Crippen molar-refractivity contribution in [3.63, 3.8) is 0 Å². The highest BCUT2D eigenvalue weighted by atomic mass is 16.2. The number of nitrogens with zero attached hydrogens (tertiary/aromatic N) is 3. The first-order valence-corrected chi connectivity index (χ1v) is 13.0. The SMILES string of the molecule is CN(C)C1(c2ccccc2)CCN(C(=O)C2CN(Cc3ccc4[nH]ccc4c3)c3ccccc32)CC1. The number of hydrogen-bond donors (Lipinski definition) is 1.